The number of carboxylic acids is 1. The van der Waals surface area contributed by atoms with Crippen molar-refractivity contribution in [3.8, 4) is 0 Å². The molecule has 0 atom stereocenters. The number of unbranched alkanes of at least 4 members (excludes halogenated alkanes) is 3. The van der Waals surface area contributed by atoms with Gasteiger partial charge in [-0.2, -0.15) is 0 Å². The molecule has 0 aliphatic heterocycles. The first-order chi connectivity index (χ1) is 6.18. The molecule has 0 unspecified atom stereocenters. The third-order valence-corrected chi connectivity index (χ3v) is 1.57. The highest BCUT2D eigenvalue weighted by molar-refractivity contribution is 6.18. The highest BCUT2D eigenvalue weighted by atomic mass is 35.5. The van der Waals surface area contributed by atoms with Crippen LogP contribution in [0.3, 0.4) is 0 Å². The number of carbonyl (C=O) groups is 1. The lowest BCUT2D eigenvalue weighted by atomic mass is 10.2. The van der Waals surface area contributed by atoms with Crippen molar-refractivity contribution in [1.29, 1.82) is 0 Å². The average molecular weight is 207 g/mol. The molecule has 0 radical (unpaired) electrons. The van der Waals surface area contributed by atoms with Crippen molar-refractivity contribution in [2.24, 2.45) is 0 Å². The Bertz CT molecular complexity index is 124. The van der Waals surface area contributed by atoms with Gasteiger partial charge in [0.25, 0.3) is 0 Å². The smallest absolute Gasteiger partial charge is 0.303 e. The summed E-state index contributed by atoms with van der Waals surface area (Å²) in [7, 11) is 0. The first-order valence-corrected chi connectivity index (χ1v) is 5.11. The Morgan fingerprint density at radius 2 is 2.00 bits per heavy atom. The zero-order valence-corrected chi connectivity index (χ0v) is 9.02. The molecule has 0 saturated heterocycles. The van der Waals surface area contributed by atoms with Crippen molar-refractivity contribution in [3.05, 3.63) is 12.7 Å². The average Bonchev–Trinajstić information content (AvgIpc) is 2.13. The maximum Gasteiger partial charge on any atom is 0.303 e. The number of hydrogen-bond acceptors (Lipinski definition) is 1. The number of carboxylic acid groups (broad SMARTS) is 1. The highest BCUT2D eigenvalue weighted by Crippen LogP contribution is 2.01. The van der Waals surface area contributed by atoms with E-state index in [0.29, 0.717) is 12.3 Å². The Morgan fingerprint density at radius 3 is 2.31 bits per heavy atom. The van der Waals surface area contributed by atoms with E-state index in [9.17, 15) is 4.79 Å². The molecule has 1 N–H and O–H groups in total. The predicted octanol–water partition coefficient (Wildman–Crippen LogP) is 3.45. The van der Waals surface area contributed by atoms with Crippen LogP contribution in [0.2, 0.25) is 0 Å². The van der Waals surface area contributed by atoms with Crippen LogP contribution in [0.4, 0.5) is 0 Å². The second-order valence-electron chi connectivity index (χ2n) is 2.65. The van der Waals surface area contributed by atoms with E-state index >= 15 is 0 Å². The molecule has 0 bridgehead atoms. The molecule has 0 aromatic rings. The molecule has 0 rings (SSSR count). The molecule has 78 valence electrons. The quantitative estimate of drug-likeness (QED) is 0.411. The summed E-state index contributed by atoms with van der Waals surface area (Å²) in [5.74, 6) is -0.119. The van der Waals surface area contributed by atoms with Gasteiger partial charge in [0.05, 0.1) is 0 Å². The Hall–Kier alpha value is -0.500. The van der Waals surface area contributed by atoms with Crippen molar-refractivity contribution < 1.29 is 9.90 Å². The van der Waals surface area contributed by atoms with Gasteiger partial charge in [0.2, 0.25) is 0 Å². The van der Waals surface area contributed by atoms with Gasteiger partial charge in [-0.05, 0) is 6.42 Å². The molecule has 0 aliphatic rings. The molecular formula is C10H19ClO2. The van der Waals surface area contributed by atoms with Gasteiger partial charge < -0.3 is 5.11 Å². The lowest BCUT2D eigenvalue weighted by Gasteiger charge is -1.92. The Balaban J connectivity index is 0. The van der Waals surface area contributed by atoms with Crippen molar-refractivity contribution in [1.82, 2.24) is 0 Å². The normalized spacial score (nSPS) is 8.46. The van der Waals surface area contributed by atoms with E-state index in [2.05, 4.69) is 13.5 Å². The van der Waals surface area contributed by atoms with Gasteiger partial charge in [-0.3, -0.25) is 4.79 Å². The van der Waals surface area contributed by atoms with Crippen LogP contribution < -0.4 is 0 Å². The van der Waals surface area contributed by atoms with E-state index in [1.807, 2.05) is 0 Å². The molecule has 0 aromatic heterocycles. The second kappa shape index (κ2) is 14.0. The molecule has 0 aliphatic carbocycles. The number of hydrogen-bond donors (Lipinski definition) is 1. The van der Waals surface area contributed by atoms with E-state index in [1.54, 1.807) is 6.08 Å². The van der Waals surface area contributed by atoms with Gasteiger partial charge in [-0.15, -0.1) is 18.2 Å². The molecule has 3 heteroatoms. The lowest BCUT2D eigenvalue weighted by molar-refractivity contribution is -0.137. The van der Waals surface area contributed by atoms with Crippen molar-refractivity contribution in [3.63, 3.8) is 0 Å². The first-order valence-electron chi connectivity index (χ1n) is 4.57. The second-order valence-corrected chi connectivity index (χ2v) is 2.96. The minimum Gasteiger partial charge on any atom is -0.481 e. The fourth-order valence-electron chi connectivity index (χ4n) is 0.703. The van der Waals surface area contributed by atoms with Gasteiger partial charge in [0.1, 0.15) is 0 Å². The maximum atomic E-state index is 9.96. The van der Waals surface area contributed by atoms with Crippen LogP contribution in [0.5, 0.6) is 0 Å². The molecule has 0 spiro atoms. The summed E-state index contributed by atoms with van der Waals surface area (Å²) in [5, 5.41) is 8.21. The number of alkyl halides is 1. The SMILES string of the molecule is C=CCCl.CCCCCCC(=O)O. The van der Waals surface area contributed by atoms with E-state index < -0.39 is 5.97 Å². The number of halogens is 1. The molecule has 2 nitrogen and oxygen atoms in total. The molecular weight excluding hydrogens is 188 g/mol. The van der Waals surface area contributed by atoms with Gasteiger partial charge in [0.15, 0.2) is 0 Å². The number of aliphatic carboxylic acids is 1. The third kappa shape index (κ3) is 24.6. The predicted molar refractivity (Wildman–Crippen MR) is 57.3 cm³/mol. The fraction of sp³-hybridized carbons (Fsp3) is 0.700. The highest BCUT2D eigenvalue weighted by Gasteiger charge is 1.93. The van der Waals surface area contributed by atoms with Gasteiger partial charge >= 0.3 is 5.97 Å². The van der Waals surface area contributed by atoms with Gasteiger partial charge in [-0.25, -0.2) is 0 Å². The van der Waals surface area contributed by atoms with Crippen LogP contribution in [0, 0.1) is 0 Å². The van der Waals surface area contributed by atoms with E-state index in [-0.39, 0.29) is 0 Å². The van der Waals surface area contributed by atoms with Crippen LogP contribution in [0.25, 0.3) is 0 Å². The molecule has 0 amide bonds. The Labute approximate surface area is 85.6 Å². The van der Waals surface area contributed by atoms with Crippen LogP contribution in [0.15, 0.2) is 12.7 Å². The summed E-state index contributed by atoms with van der Waals surface area (Å²) in [6.07, 6.45) is 6.19. The molecule has 0 saturated carbocycles. The van der Waals surface area contributed by atoms with Gasteiger partial charge in [0, 0.05) is 12.3 Å². The summed E-state index contributed by atoms with van der Waals surface area (Å²) in [5.41, 5.74) is 0. The monoisotopic (exact) mass is 206 g/mol. The van der Waals surface area contributed by atoms with Crippen molar-refractivity contribution in [2.75, 3.05) is 5.88 Å². The summed E-state index contributed by atoms with van der Waals surface area (Å²) in [4.78, 5) is 9.96. The van der Waals surface area contributed by atoms with Crippen molar-refractivity contribution in [2.45, 2.75) is 39.0 Å². The van der Waals surface area contributed by atoms with E-state index in [0.717, 1.165) is 19.3 Å². The van der Waals surface area contributed by atoms with Gasteiger partial charge in [-0.1, -0.05) is 32.3 Å². The van der Waals surface area contributed by atoms with E-state index in [1.165, 1.54) is 6.42 Å². The topological polar surface area (TPSA) is 37.3 Å². The number of allylic oxidation sites excluding steroid dienone is 1. The molecule has 0 fully saturated rings. The lowest BCUT2D eigenvalue weighted by Crippen LogP contribution is -1.92. The van der Waals surface area contributed by atoms with Crippen molar-refractivity contribution >= 4 is 17.6 Å². The third-order valence-electron chi connectivity index (χ3n) is 1.35. The zero-order chi connectivity index (χ0) is 10.5. The molecule has 13 heavy (non-hydrogen) atoms. The summed E-state index contributed by atoms with van der Waals surface area (Å²) in [6.45, 7) is 5.46. The standard InChI is InChI=1S/C7H14O2.C3H5Cl/c1-2-3-4-5-6-7(8)9;1-2-3-4/h2-6H2,1H3,(H,8,9);2H,1,3H2. The first kappa shape index (κ1) is 15.0. The molecule has 0 aromatic carbocycles. The number of rotatable bonds is 6. The Morgan fingerprint density at radius 1 is 1.46 bits per heavy atom. The summed E-state index contributed by atoms with van der Waals surface area (Å²) < 4.78 is 0. The largest absolute Gasteiger partial charge is 0.481 e. The summed E-state index contributed by atoms with van der Waals surface area (Å²) in [6, 6.07) is 0. The van der Waals surface area contributed by atoms with Crippen LogP contribution in [0.1, 0.15) is 39.0 Å². The van der Waals surface area contributed by atoms with Crippen LogP contribution >= 0.6 is 11.6 Å². The van der Waals surface area contributed by atoms with E-state index in [4.69, 9.17) is 16.7 Å². The fourth-order valence-corrected chi connectivity index (χ4v) is 0.703. The summed E-state index contributed by atoms with van der Waals surface area (Å²) >= 11 is 5.07. The van der Waals surface area contributed by atoms with Crippen LogP contribution in [-0.4, -0.2) is 17.0 Å². The molecule has 0 heterocycles. The maximum absolute atomic E-state index is 9.96. The Kier molecular flexibility index (Phi) is 16.2. The minimum atomic E-state index is -0.675. The van der Waals surface area contributed by atoms with Crippen LogP contribution in [-0.2, 0) is 4.79 Å². The zero-order valence-electron chi connectivity index (χ0n) is 8.26. The minimum absolute atomic E-state index is 0.333.